The number of carbonyl (C=O) groups is 4. The Balaban J connectivity index is 1.40. The standard InChI is InChI=1S/C33H31Cl2FN2O6/c1-44-24-9-5-8-22(27(24)39)26-20-14-15-21-25(29(41)37(28(21)40)18-6-3-2-4-7-18)23(20)16-32(34)30(42)38(31(43)33(26,32)35)19-12-10-17(36)11-13-19/h5,8-14,18,21,23,25-26,39H,2-4,6-7,15-16H2,1H3/t21-,23+,25-,26+,32+,33-/m0/s1. The third kappa shape index (κ3) is 3.81. The van der Waals surface area contributed by atoms with Crippen LogP contribution in [0, 0.1) is 23.6 Å². The van der Waals surface area contributed by atoms with Crippen molar-refractivity contribution in [3.05, 3.63) is 65.5 Å². The van der Waals surface area contributed by atoms with Crippen molar-refractivity contribution in [1.82, 2.24) is 4.90 Å². The van der Waals surface area contributed by atoms with Gasteiger partial charge in [0.05, 0.1) is 24.6 Å². The second-order valence-electron chi connectivity index (χ2n) is 12.5. The molecule has 8 nitrogen and oxygen atoms in total. The summed E-state index contributed by atoms with van der Waals surface area (Å²) >= 11 is 14.7. The first-order valence-corrected chi connectivity index (χ1v) is 15.7. The monoisotopic (exact) mass is 640 g/mol. The molecule has 2 aliphatic heterocycles. The van der Waals surface area contributed by atoms with Crippen LogP contribution in [0.5, 0.6) is 11.5 Å². The number of aromatic hydroxyl groups is 1. The van der Waals surface area contributed by atoms with Crippen LogP contribution in [0.4, 0.5) is 10.1 Å². The molecule has 0 aromatic heterocycles. The van der Waals surface area contributed by atoms with Gasteiger partial charge in [-0.3, -0.25) is 24.1 Å². The lowest BCUT2D eigenvalue weighted by atomic mass is 9.56. The highest BCUT2D eigenvalue weighted by atomic mass is 35.5. The van der Waals surface area contributed by atoms with Crippen LogP contribution in [-0.2, 0) is 19.2 Å². The normalized spacial score (nSPS) is 33.7. The Bertz CT molecular complexity index is 1620. The van der Waals surface area contributed by atoms with Crippen LogP contribution in [0.3, 0.4) is 0 Å². The molecule has 2 aromatic carbocycles. The fourth-order valence-corrected chi connectivity index (χ4v) is 9.33. The van der Waals surface area contributed by atoms with Crippen LogP contribution in [0.2, 0.25) is 0 Å². The number of methoxy groups -OCH3 is 1. The Morgan fingerprint density at radius 1 is 0.932 bits per heavy atom. The zero-order chi connectivity index (χ0) is 31.1. The van der Waals surface area contributed by atoms with Gasteiger partial charge in [-0.1, -0.05) is 43.0 Å². The number of benzene rings is 2. The Morgan fingerprint density at radius 2 is 1.64 bits per heavy atom. The van der Waals surface area contributed by atoms with Gasteiger partial charge in [0.25, 0.3) is 11.8 Å². The number of hydrogen-bond acceptors (Lipinski definition) is 6. The number of alkyl halides is 2. The van der Waals surface area contributed by atoms with E-state index in [-0.39, 0.29) is 53.4 Å². The summed E-state index contributed by atoms with van der Waals surface area (Å²) in [6.07, 6.45) is 6.37. The number of carbonyl (C=O) groups excluding carboxylic acids is 4. The van der Waals surface area contributed by atoms with Gasteiger partial charge in [-0.15, -0.1) is 23.2 Å². The molecule has 3 aliphatic carbocycles. The summed E-state index contributed by atoms with van der Waals surface area (Å²) < 4.78 is 19.2. The van der Waals surface area contributed by atoms with E-state index in [1.807, 2.05) is 6.08 Å². The first kappa shape index (κ1) is 29.3. The fraction of sp³-hybridized carbons (Fsp3) is 0.455. The number of fused-ring (bicyclic) bond motifs is 4. The van der Waals surface area contributed by atoms with Crippen LogP contribution in [-0.4, -0.2) is 56.5 Å². The van der Waals surface area contributed by atoms with Crippen LogP contribution >= 0.6 is 23.2 Å². The topological polar surface area (TPSA) is 104 Å². The van der Waals surface area contributed by atoms with Gasteiger partial charge in [-0.2, -0.15) is 0 Å². The largest absolute Gasteiger partial charge is 0.504 e. The maximum absolute atomic E-state index is 14.4. The van der Waals surface area contributed by atoms with Crippen LogP contribution in [0.1, 0.15) is 56.4 Å². The second kappa shape index (κ2) is 10.3. The zero-order valence-electron chi connectivity index (χ0n) is 24.0. The molecule has 5 aliphatic rings. The quantitative estimate of drug-likeness (QED) is 0.271. The summed E-state index contributed by atoms with van der Waals surface area (Å²) in [6.45, 7) is 0. The summed E-state index contributed by atoms with van der Waals surface area (Å²) in [5.41, 5.74) is 0.881. The first-order valence-electron chi connectivity index (χ1n) is 15.0. The number of nitrogens with zero attached hydrogens (tertiary/aromatic N) is 2. The number of hydrogen-bond donors (Lipinski definition) is 1. The molecule has 4 fully saturated rings. The molecular formula is C33H31Cl2FN2O6. The maximum atomic E-state index is 14.4. The van der Waals surface area contributed by atoms with Gasteiger partial charge in [-0.05, 0) is 61.9 Å². The van der Waals surface area contributed by atoms with E-state index in [0.29, 0.717) is 5.57 Å². The van der Waals surface area contributed by atoms with Gasteiger partial charge in [-0.25, -0.2) is 9.29 Å². The van der Waals surface area contributed by atoms with Crippen molar-refractivity contribution >= 4 is 52.5 Å². The zero-order valence-corrected chi connectivity index (χ0v) is 25.5. The Kier molecular flexibility index (Phi) is 6.86. The Labute approximate surface area is 263 Å². The molecule has 230 valence electrons. The van der Waals surface area contributed by atoms with Crippen LogP contribution in [0.15, 0.2) is 54.1 Å². The summed E-state index contributed by atoms with van der Waals surface area (Å²) in [5, 5.41) is 11.4. The van der Waals surface area contributed by atoms with E-state index in [4.69, 9.17) is 27.9 Å². The number of rotatable bonds is 4. The fourth-order valence-electron chi connectivity index (χ4n) is 8.40. The minimum absolute atomic E-state index is 0.0925. The predicted molar refractivity (Wildman–Crippen MR) is 160 cm³/mol. The van der Waals surface area contributed by atoms with Crippen molar-refractivity contribution in [2.24, 2.45) is 17.8 Å². The average Bonchev–Trinajstić information content (AvgIpc) is 3.36. The molecule has 4 amide bonds. The number of anilines is 1. The van der Waals surface area contributed by atoms with Crippen LogP contribution < -0.4 is 9.64 Å². The lowest BCUT2D eigenvalue weighted by Crippen LogP contribution is -2.60. The van der Waals surface area contributed by atoms with Crippen molar-refractivity contribution < 1.29 is 33.4 Å². The molecular weight excluding hydrogens is 610 g/mol. The van der Waals surface area contributed by atoms with Gasteiger partial charge in [0.2, 0.25) is 11.8 Å². The molecule has 7 rings (SSSR count). The molecule has 2 aromatic rings. The van der Waals surface area contributed by atoms with Crippen molar-refractivity contribution in [3.63, 3.8) is 0 Å². The second-order valence-corrected chi connectivity index (χ2v) is 13.7. The van der Waals surface area contributed by atoms with Gasteiger partial charge in [0.1, 0.15) is 5.82 Å². The molecule has 0 spiro atoms. The highest BCUT2D eigenvalue weighted by Gasteiger charge is 2.77. The van der Waals surface area contributed by atoms with E-state index in [0.717, 1.165) is 49.1 Å². The summed E-state index contributed by atoms with van der Waals surface area (Å²) in [6, 6.07) is 9.45. The smallest absolute Gasteiger partial charge is 0.258 e. The van der Waals surface area contributed by atoms with Crippen LogP contribution in [0.25, 0.3) is 0 Å². The molecule has 6 atom stereocenters. The number of para-hydroxylation sites is 1. The molecule has 2 heterocycles. The summed E-state index contributed by atoms with van der Waals surface area (Å²) in [7, 11) is 1.39. The number of imide groups is 2. The number of ether oxygens (including phenoxy) is 1. The Hall–Kier alpha value is -3.43. The number of amides is 4. The maximum Gasteiger partial charge on any atom is 0.258 e. The molecule has 2 saturated carbocycles. The molecule has 2 saturated heterocycles. The highest BCUT2D eigenvalue weighted by molar-refractivity contribution is 6.58. The lowest BCUT2D eigenvalue weighted by molar-refractivity contribution is -0.143. The van der Waals surface area contributed by atoms with E-state index >= 15 is 0 Å². The summed E-state index contributed by atoms with van der Waals surface area (Å²) in [4.78, 5) is 54.8. The SMILES string of the molecule is COc1cccc([C@H]2C3=CC[C@@H]4C(=O)N(C5CCCCC5)C(=O)[C@@H]4[C@@H]3C[C@@]3(Cl)C(=O)N(c4ccc(F)cc4)C(=O)[C@@]23Cl)c1O. The molecule has 0 bridgehead atoms. The van der Waals surface area contributed by atoms with Crippen molar-refractivity contribution in [2.45, 2.75) is 66.7 Å². The number of halogens is 3. The van der Waals surface area contributed by atoms with Crippen molar-refractivity contribution in [3.8, 4) is 11.5 Å². The minimum Gasteiger partial charge on any atom is -0.504 e. The van der Waals surface area contributed by atoms with E-state index < -0.39 is 51.1 Å². The van der Waals surface area contributed by atoms with Gasteiger partial charge in [0.15, 0.2) is 21.2 Å². The highest BCUT2D eigenvalue weighted by Crippen LogP contribution is 2.66. The average molecular weight is 642 g/mol. The van der Waals surface area contributed by atoms with E-state index in [1.54, 1.807) is 18.2 Å². The minimum atomic E-state index is -2.13. The van der Waals surface area contributed by atoms with Crippen molar-refractivity contribution in [1.29, 1.82) is 0 Å². The third-order valence-corrected chi connectivity index (χ3v) is 11.8. The van der Waals surface area contributed by atoms with Gasteiger partial charge < -0.3 is 9.84 Å². The molecule has 0 unspecified atom stereocenters. The molecule has 44 heavy (non-hydrogen) atoms. The number of phenolic OH excluding ortho intramolecular Hbond substituents is 1. The van der Waals surface area contributed by atoms with Crippen molar-refractivity contribution in [2.75, 3.05) is 12.0 Å². The lowest BCUT2D eigenvalue weighted by Gasteiger charge is -2.50. The van der Waals surface area contributed by atoms with E-state index in [9.17, 15) is 28.7 Å². The van der Waals surface area contributed by atoms with Gasteiger partial charge >= 0.3 is 0 Å². The van der Waals surface area contributed by atoms with E-state index in [1.165, 1.54) is 24.1 Å². The Morgan fingerprint density at radius 3 is 2.32 bits per heavy atom. The molecule has 11 heteroatoms. The summed E-state index contributed by atoms with van der Waals surface area (Å²) in [5.74, 6) is -6.10. The number of allylic oxidation sites excluding steroid dienone is 2. The van der Waals surface area contributed by atoms with E-state index in [2.05, 4.69) is 0 Å². The first-order chi connectivity index (χ1) is 21.0. The molecule has 1 N–H and O–H groups in total. The number of likely N-dealkylation sites (tertiary alicyclic amines) is 1. The van der Waals surface area contributed by atoms with Gasteiger partial charge in [0, 0.05) is 17.5 Å². The predicted octanol–water partition coefficient (Wildman–Crippen LogP) is 5.44. The third-order valence-electron chi connectivity index (χ3n) is 10.4. The number of phenols is 1. The molecule has 0 radical (unpaired) electrons.